The number of rotatable bonds is 6. The summed E-state index contributed by atoms with van der Waals surface area (Å²) >= 11 is 0. The number of hydrogen-bond donors (Lipinski definition) is 1. The highest BCUT2D eigenvalue weighted by Gasteiger charge is 2.02. The molecule has 1 aromatic carbocycles. The maximum atomic E-state index is 11.8. The smallest absolute Gasteiger partial charge is 0.220 e. The van der Waals surface area contributed by atoms with Crippen LogP contribution in [0.25, 0.3) is 0 Å². The lowest BCUT2D eigenvalue weighted by molar-refractivity contribution is -0.121. The molecule has 1 N–H and O–H groups in total. The average Bonchev–Trinajstić information content (AvgIpc) is 2.54. The van der Waals surface area contributed by atoms with Crippen molar-refractivity contribution >= 4 is 5.91 Å². The van der Waals surface area contributed by atoms with Gasteiger partial charge in [-0.15, -0.1) is 0 Å². The van der Waals surface area contributed by atoms with Crippen molar-refractivity contribution < 1.29 is 4.79 Å². The highest BCUT2D eigenvalue weighted by molar-refractivity contribution is 5.76. The van der Waals surface area contributed by atoms with Crippen LogP contribution in [0.5, 0.6) is 0 Å². The monoisotopic (exact) mass is 279 g/mol. The molecule has 1 amide bonds. The van der Waals surface area contributed by atoms with E-state index in [0.717, 1.165) is 17.5 Å². The number of nitrogens with one attached hydrogen (secondary N) is 1. The lowest BCUT2D eigenvalue weighted by Crippen LogP contribution is -2.25. The number of carbonyl (C=O) groups excluding carboxylic acids is 1. The Morgan fingerprint density at radius 1 is 1.14 bits per heavy atom. The van der Waals surface area contributed by atoms with Crippen LogP contribution in [0.4, 0.5) is 0 Å². The van der Waals surface area contributed by atoms with Crippen molar-refractivity contribution in [1.29, 1.82) is 5.26 Å². The minimum absolute atomic E-state index is 0.0447. The molecule has 0 atom stereocenters. The lowest BCUT2D eigenvalue weighted by atomic mass is 10.1. The lowest BCUT2D eigenvalue weighted by Gasteiger charge is -2.05. The quantitative estimate of drug-likeness (QED) is 0.882. The predicted molar refractivity (Wildman–Crippen MR) is 80.4 cm³/mol. The zero-order valence-corrected chi connectivity index (χ0v) is 11.7. The Hall–Kier alpha value is -2.67. The first-order chi connectivity index (χ1) is 10.3. The molecule has 2 rings (SSSR count). The Kier molecular flexibility index (Phi) is 5.48. The Bertz CT molecular complexity index is 615. The summed E-state index contributed by atoms with van der Waals surface area (Å²) in [6, 6.07) is 13.3. The molecule has 1 aromatic heterocycles. The van der Waals surface area contributed by atoms with Gasteiger partial charge in [0.15, 0.2) is 0 Å². The van der Waals surface area contributed by atoms with Crippen LogP contribution in [-0.4, -0.2) is 17.4 Å². The topological polar surface area (TPSA) is 65.8 Å². The van der Waals surface area contributed by atoms with Gasteiger partial charge in [0.2, 0.25) is 5.91 Å². The van der Waals surface area contributed by atoms with Crippen molar-refractivity contribution in [3.63, 3.8) is 0 Å². The van der Waals surface area contributed by atoms with Gasteiger partial charge in [-0.25, -0.2) is 0 Å². The van der Waals surface area contributed by atoms with Crippen LogP contribution in [0.15, 0.2) is 48.8 Å². The van der Waals surface area contributed by atoms with Gasteiger partial charge in [-0.1, -0.05) is 18.2 Å². The first-order valence-electron chi connectivity index (χ1n) is 6.92. The van der Waals surface area contributed by atoms with E-state index in [1.165, 1.54) is 0 Å². The van der Waals surface area contributed by atoms with Crippen molar-refractivity contribution in [1.82, 2.24) is 10.3 Å². The summed E-state index contributed by atoms with van der Waals surface area (Å²) in [6.07, 6.45) is 5.47. The van der Waals surface area contributed by atoms with Gasteiger partial charge >= 0.3 is 0 Å². The van der Waals surface area contributed by atoms with Crippen LogP contribution in [0, 0.1) is 11.3 Å². The van der Waals surface area contributed by atoms with Gasteiger partial charge in [0.25, 0.3) is 0 Å². The zero-order chi connectivity index (χ0) is 14.9. The maximum Gasteiger partial charge on any atom is 0.220 e. The van der Waals surface area contributed by atoms with E-state index in [1.807, 2.05) is 30.5 Å². The highest BCUT2D eigenvalue weighted by atomic mass is 16.1. The fourth-order valence-corrected chi connectivity index (χ4v) is 1.98. The Balaban J connectivity index is 1.68. The molecule has 1 heterocycles. The Morgan fingerprint density at radius 2 is 1.95 bits per heavy atom. The van der Waals surface area contributed by atoms with Crippen LogP contribution < -0.4 is 5.32 Å². The van der Waals surface area contributed by atoms with E-state index in [4.69, 9.17) is 5.26 Å². The Morgan fingerprint density at radius 3 is 2.62 bits per heavy atom. The van der Waals surface area contributed by atoms with Crippen LogP contribution in [-0.2, 0) is 17.6 Å². The van der Waals surface area contributed by atoms with Gasteiger partial charge in [-0.05, 0) is 42.2 Å². The third-order valence-electron chi connectivity index (χ3n) is 3.18. The number of nitriles is 1. The molecule has 0 aliphatic carbocycles. The molecule has 0 bridgehead atoms. The molecule has 0 fully saturated rings. The van der Waals surface area contributed by atoms with E-state index in [9.17, 15) is 4.79 Å². The van der Waals surface area contributed by atoms with E-state index in [-0.39, 0.29) is 5.91 Å². The summed E-state index contributed by atoms with van der Waals surface area (Å²) in [7, 11) is 0. The summed E-state index contributed by atoms with van der Waals surface area (Å²) in [5.74, 6) is 0.0447. The molecule has 4 nitrogen and oxygen atoms in total. The second-order valence-corrected chi connectivity index (χ2v) is 4.77. The number of aromatic nitrogens is 1. The van der Waals surface area contributed by atoms with Crippen LogP contribution in [0.2, 0.25) is 0 Å². The molecule has 0 radical (unpaired) electrons. The van der Waals surface area contributed by atoms with E-state index in [1.54, 1.807) is 18.3 Å². The standard InChI is InChI=1S/C17H17N3O/c18-12-15-5-3-14(4-6-15)7-8-17(21)20-11-9-16-2-1-10-19-13-16/h1-6,10,13H,7-9,11H2,(H,20,21). The van der Waals surface area contributed by atoms with Gasteiger partial charge in [-0.2, -0.15) is 5.26 Å². The third-order valence-corrected chi connectivity index (χ3v) is 3.18. The molecular formula is C17H17N3O. The molecule has 4 heteroatoms. The Labute approximate surface area is 124 Å². The summed E-state index contributed by atoms with van der Waals surface area (Å²) in [6.45, 7) is 0.623. The van der Waals surface area contributed by atoms with Gasteiger partial charge in [-0.3, -0.25) is 9.78 Å². The van der Waals surface area contributed by atoms with E-state index in [0.29, 0.717) is 24.9 Å². The first kappa shape index (κ1) is 14.7. The van der Waals surface area contributed by atoms with Gasteiger partial charge in [0.05, 0.1) is 11.6 Å². The fraction of sp³-hybridized carbons (Fsp3) is 0.235. The fourth-order valence-electron chi connectivity index (χ4n) is 1.98. The number of carbonyl (C=O) groups is 1. The normalized spacial score (nSPS) is 9.86. The SMILES string of the molecule is N#Cc1ccc(CCC(=O)NCCc2cccnc2)cc1. The third kappa shape index (κ3) is 5.07. The van der Waals surface area contributed by atoms with Crippen molar-refractivity contribution in [3.8, 4) is 6.07 Å². The second-order valence-electron chi connectivity index (χ2n) is 4.77. The highest BCUT2D eigenvalue weighted by Crippen LogP contribution is 2.06. The van der Waals surface area contributed by atoms with E-state index in [2.05, 4.69) is 16.4 Å². The molecule has 0 unspecified atom stereocenters. The minimum Gasteiger partial charge on any atom is -0.356 e. The van der Waals surface area contributed by atoms with E-state index < -0.39 is 0 Å². The number of hydrogen-bond acceptors (Lipinski definition) is 3. The number of pyridine rings is 1. The molecule has 0 aliphatic rings. The zero-order valence-electron chi connectivity index (χ0n) is 11.7. The number of amides is 1. The summed E-state index contributed by atoms with van der Waals surface area (Å²) in [4.78, 5) is 15.8. The summed E-state index contributed by atoms with van der Waals surface area (Å²) in [5.41, 5.74) is 2.82. The molecule has 21 heavy (non-hydrogen) atoms. The molecule has 0 saturated heterocycles. The average molecular weight is 279 g/mol. The van der Waals surface area contributed by atoms with Crippen molar-refractivity contribution in [2.24, 2.45) is 0 Å². The van der Waals surface area contributed by atoms with E-state index >= 15 is 0 Å². The largest absolute Gasteiger partial charge is 0.356 e. The molecule has 106 valence electrons. The molecule has 0 spiro atoms. The summed E-state index contributed by atoms with van der Waals surface area (Å²) < 4.78 is 0. The van der Waals surface area contributed by atoms with Gasteiger partial charge in [0, 0.05) is 25.4 Å². The van der Waals surface area contributed by atoms with Crippen molar-refractivity contribution in [3.05, 3.63) is 65.5 Å². The number of benzene rings is 1. The van der Waals surface area contributed by atoms with Gasteiger partial charge in [0.1, 0.15) is 0 Å². The number of nitrogens with zero attached hydrogens (tertiary/aromatic N) is 2. The van der Waals surface area contributed by atoms with Crippen molar-refractivity contribution in [2.45, 2.75) is 19.3 Å². The maximum absolute atomic E-state index is 11.8. The van der Waals surface area contributed by atoms with Gasteiger partial charge < -0.3 is 5.32 Å². The second kappa shape index (κ2) is 7.81. The molecule has 0 aliphatic heterocycles. The van der Waals surface area contributed by atoms with Crippen molar-refractivity contribution in [2.75, 3.05) is 6.54 Å². The predicted octanol–water partition coefficient (Wildman–Crippen LogP) is 2.24. The molecular weight excluding hydrogens is 262 g/mol. The molecule has 0 saturated carbocycles. The summed E-state index contributed by atoms with van der Waals surface area (Å²) in [5, 5.41) is 11.6. The van der Waals surface area contributed by atoms with Crippen LogP contribution in [0.3, 0.4) is 0 Å². The number of aryl methyl sites for hydroxylation is 1. The first-order valence-corrected chi connectivity index (χ1v) is 6.92. The minimum atomic E-state index is 0.0447. The molecule has 2 aromatic rings. The van der Waals surface area contributed by atoms with Crippen LogP contribution in [0.1, 0.15) is 23.1 Å². The van der Waals surface area contributed by atoms with Crippen LogP contribution >= 0.6 is 0 Å².